The minimum Gasteiger partial charge on any atom is -0.462 e. The SMILES string of the molecule is CCSCCCOC(=O)c1ccc(N)cc1. The average Bonchev–Trinajstić information content (AvgIpc) is 2.29. The second-order valence-electron chi connectivity index (χ2n) is 3.31. The van der Waals surface area contributed by atoms with Crippen LogP contribution in [0, 0.1) is 0 Å². The van der Waals surface area contributed by atoms with Gasteiger partial charge in [-0.15, -0.1) is 0 Å². The van der Waals surface area contributed by atoms with E-state index in [9.17, 15) is 4.79 Å². The van der Waals surface area contributed by atoms with Gasteiger partial charge in [0.15, 0.2) is 0 Å². The molecule has 88 valence electrons. The lowest BCUT2D eigenvalue weighted by Gasteiger charge is -2.04. The van der Waals surface area contributed by atoms with Gasteiger partial charge in [0.2, 0.25) is 0 Å². The first-order chi connectivity index (χ1) is 7.74. The van der Waals surface area contributed by atoms with Gasteiger partial charge < -0.3 is 10.5 Å². The van der Waals surface area contributed by atoms with E-state index in [-0.39, 0.29) is 5.97 Å². The number of carbonyl (C=O) groups excluding carboxylic acids is 1. The van der Waals surface area contributed by atoms with E-state index in [1.165, 1.54) is 0 Å². The summed E-state index contributed by atoms with van der Waals surface area (Å²) in [5.74, 6) is 1.86. The van der Waals surface area contributed by atoms with Gasteiger partial charge in [0.1, 0.15) is 0 Å². The third kappa shape index (κ3) is 4.57. The number of esters is 1. The molecule has 0 bridgehead atoms. The largest absolute Gasteiger partial charge is 0.462 e. The minimum absolute atomic E-state index is 0.276. The molecule has 0 spiro atoms. The molecule has 0 atom stereocenters. The summed E-state index contributed by atoms with van der Waals surface area (Å²) in [5.41, 5.74) is 6.73. The van der Waals surface area contributed by atoms with Crippen molar-refractivity contribution in [1.82, 2.24) is 0 Å². The van der Waals surface area contributed by atoms with Gasteiger partial charge in [-0.25, -0.2) is 4.79 Å². The average molecular weight is 239 g/mol. The molecule has 0 aliphatic heterocycles. The van der Waals surface area contributed by atoms with Gasteiger partial charge in [-0.2, -0.15) is 11.8 Å². The van der Waals surface area contributed by atoms with Gasteiger partial charge in [0.05, 0.1) is 12.2 Å². The molecule has 0 fully saturated rings. The number of hydrogen-bond donors (Lipinski definition) is 1. The fourth-order valence-corrected chi connectivity index (χ4v) is 1.78. The Labute approximate surface area is 100 Å². The van der Waals surface area contributed by atoms with Crippen molar-refractivity contribution >= 4 is 23.4 Å². The number of nitrogens with two attached hydrogens (primary N) is 1. The van der Waals surface area contributed by atoms with Gasteiger partial charge in [0, 0.05) is 5.69 Å². The highest BCUT2D eigenvalue weighted by Crippen LogP contribution is 2.07. The fourth-order valence-electron chi connectivity index (χ4n) is 1.17. The monoisotopic (exact) mass is 239 g/mol. The summed E-state index contributed by atoms with van der Waals surface area (Å²) in [7, 11) is 0. The number of hydrogen-bond acceptors (Lipinski definition) is 4. The topological polar surface area (TPSA) is 52.3 Å². The molecular weight excluding hydrogens is 222 g/mol. The number of carbonyl (C=O) groups is 1. The first kappa shape index (κ1) is 12.9. The molecule has 1 rings (SSSR count). The summed E-state index contributed by atoms with van der Waals surface area (Å²) in [6, 6.07) is 6.75. The van der Waals surface area contributed by atoms with Crippen LogP contribution in [0.4, 0.5) is 5.69 Å². The normalized spacial score (nSPS) is 10.1. The Morgan fingerprint density at radius 3 is 2.69 bits per heavy atom. The molecule has 1 aromatic carbocycles. The first-order valence-electron chi connectivity index (χ1n) is 5.34. The molecule has 0 amide bonds. The minimum atomic E-state index is -0.276. The number of rotatable bonds is 6. The Kier molecular flexibility index (Phi) is 5.78. The third-order valence-electron chi connectivity index (χ3n) is 2.02. The van der Waals surface area contributed by atoms with E-state index in [1.54, 1.807) is 24.3 Å². The van der Waals surface area contributed by atoms with Crippen molar-refractivity contribution in [2.75, 3.05) is 23.8 Å². The molecule has 0 aromatic heterocycles. The van der Waals surface area contributed by atoms with E-state index < -0.39 is 0 Å². The molecule has 0 radical (unpaired) electrons. The predicted octanol–water partition coefficient (Wildman–Crippen LogP) is 2.57. The van der Waals surface area contributed by atoms with E-state index in [2.05, 4.69) is 6.92 Å². The van der Waals surface area contributed by atoms with Crippen LogP contribution in [0.1, 0.15) is 23.7 Å². The van der Waals surface area contributed by atoms with Gasteiger partial charge in [0.25, 0.3) is 0 Å². The van der Waals surface area contributed by atoms with Crippen LogP contribution in [0.25, 0.3) is 0 Å². The second-order valence-corrected chi connectivity index (χ2v) is 4.70. The zero-order valence-electron chi connectivity index (χ0n) is 9.44. The molecule has 0 unspecified atom stereocenters. The standard InChI is InChI=1S/C12H17NO2S/c1-2-16-9-3-8-15-12(14)10-4-6-11(13)7-5-10/h4-7H,2-3,8-9,13H2,1H3. The van der Waals surface area contributed by atoms with Crippen LogP contribution in [0.3, 0.4) is 0 Å². The maximum atomic E-state index is 11.5. The summed E-state index contributed by atoms with van der Waals surface area (Å²) in [6.45, 7) is 2.60. The van der Waals surface area contributed by atoms with Gasteiger partial charge in [-0.1, -0.05) is 6.92 Å². The van der Waals surface area contributed by atoms with Crippen molar-refractivity contribution in [3.8, 4) is 0 Å². The highest BCUT2D eigenvalue weighted by molar-refractivity contribution is 7.99. The van der Waals surface area contributed by atoms with Gasteiger partial charge in [-0.05, 0) is 42.2 Å². The summed E-state index contributed by atoms with van der Waals surface area (Å²) in [4.78, 5) is 11.5. The molecule has 1 aromatic rings. The third-order valence-corrected chi connectivity index (χ3v) is 3.00. The fraction of sp³-hybridized carbons (Fsp3) is 0.417. The second kappa shape index (κ2) is 7.17. The highest BCUT2D eigenvalue weighted by Gasteiger charge is 2.05. The van der Waals surface area contributed by atoms with E-state index in [0.717, 1.165) is 17.9 Å². The molecular formula is C12H17NO2S. The van der Waals surface area contributed by atoms with Crippen LogP contribution in [0.5, 0.6) is 0 Å². The van der Waals surface area contributed by atoms with Crippen LogP contribution in [0.2, 0.25) is 0 Å². The summed E-state index contributed by atoms with van der Waals surface area (Å²) in [5, 5.41) is 0. The van der Waals surface area contributed by atoms with Crippen LogP contribution < -0.4 is 5.73 Å². The van der Waals surface area contributed by atoms with Crippen LogP contribution >= 0.6 is 11.8 Å². The Balaban J connectivity index is 2.27. The number of thioether (sulfide) groups is 1. The van der Waals surface area contributed by atoms with Crippen LogP contribution in [-0.2, 0) is 4.74 Å². The van der Waals surface area contributed by atoms with Crippen molar-refractivity contribution in [3.63, 3.8) is 0 Å². The zero-order chi connectivity index (χ0) is 11.8. The number of nitrogen functional groups attached to an aromatic ring is 1. The van der Waals surface area contributed by atoms with Crippen molar-refractivity contribution in [3.05, 3.63) is 29.8 Å². The van der Waals surface area contributed by atoms with Crippen molar-refractivity contribution < 1.29 is 9.53 Å². The van der Waals surface area contributed by atoms with Crippen molar-refractivity contribution in [2.45, 2.75) is 13.3 Å². The van der Waals surface area contributed by atoms with Crippen LogP contribution in [0.15, 0.2) is 24.3 Å². The van der Waals surface area contributed by atoms with Crippen molar-refractivity contribution in [1.29, 1.82) is 0 Å². The molecule has 3 nitrogen and oxygen atoms in total. The number of ether oxygens (including phenoxy) is 1. The summed E-state index contributed by atoms with van der Waals surface area (Å²) >= 11 is 1.85. The zero-order valence-corrected chi connectivity index (χ0v) is 10.3. The van der Waals surface area contributed by atoms with Gasteiger partial charge in [-0.3, -0.25) is 0 Å². The van der Waals surface area contributed by atoms with E-state index in [4.69, 9.17) is 10.5 Å². The smallest absolute Gasteiger partial charge is 0.338 e. The quantitative estimate of drug-likeness (QED) is 0.471. The van der Waals surface area contributed by atoms with Gasteiger partial charge >= 0.3 is 5.97 Å². The number of benzene rings is 1. The molecule has 4 heteroatoms. The first-order valence-corrected chi connectivity index (χ1v) is 6.50. The summed E-state index contributed by atoms with van der Waals surface area (Å²) < 4.78 is 5.12. The highest BCUT2D eigenvalue weighted by atomic mass is 32.2. The maximum absolute atomic E-state index is 11.5. The molecule has 0 saturated heterocycles. The van der Waals surface area contributed by atoms with E-state index in [1.807, 2.05) is 11.8 Å². The molecule has 2 N–H and O–H groups in total. The lowest BCUT2D eigenvalue weighted by molar-refractivity contribution is 0.0506. The summed E-state index contributed by atoms with van der Waals surface area (Å²) in [6.07, 6.45) is 0.902. The van der Waals surface area contributed by atoms with Crippen molar-refractivity contribution in [2.24, 2.45) is 0 Å². The Bertz CT molecular complexity index is 324. The Hall–Kier alpha value is -1.16. The molecule has 0 aliphatic carbocycles. The van der Waals surface area contributed by atoms with E-state index >= 15 is 0 Å². The molecule has 0 saturated carbocycles. The lowest BCUT2D eigenvalue weighted by Crippen LogP contribution is -2.07. The molecule has 0 heterocycles. The molecule has 0 aliphatic rings. The van der Waals surface area contributed by atoms with Crippen LogP contribution in [-0.4, -0.2) is 24.1 Å². The predicted molar refractivity (Wildman–Crippen MR) is 68.8 cm³/mol. The molecule has 16 heavy (non-hydrogen) atoms. The Morgan fingerprint density at radius 2 is 2.06 bits per heavy atom. The van der Waals surface area contributed by atoms with E-state index in [0.29, 0.717) is 17.9 Å². The number of anilines is 1. The Morgan fingerprint density at radius 1 is 1.38 bits per heavy atom. The maximum Gasteiger partial charge on any atom is 0.338 e. The lowest BCUT2D eigenvalue weighted by atomic mass is 10.2.